The maximum atomic E-state index is 12.6. The van der Waals surface area contributed by atoms with E-state index in [-0.39, 0.29) is 5.97 Å². The summed E-state index contributed by atoms with van der Waals surface area (Å²) in [7, 11) is 0. The lowest BCUT2D eigenvalue weighted by atomic mass is 10.0. The first-order valence-corrected chi connectivity index (χ1v) is 15.0. The van der Waals surface area contributed by atoms with E-state index in [2.05, 4.69) is 45.1 Å². The van der Waals surface area contributed by atoms with Gasteiger partial charge in [0.1, 0.15) is 17.2 Å². The van der Waals surface area contributed by atoms with Crippen LogP contribution in [-0.2, 0) is 0 Å². The van der Waals surface area contributed by atoms with Crippen LogP contribution in [0.3, 0.4) is 0 Å². The van der Waals surface area contributed by atoms with Crippen molar-refractivity contribution in [3.8, 4) is 28.4 Å². The molecule has 0 fully saturated rings. The number of hydrogen-bond acceptors (Lipinski definition) is 4. The van der Waals surface area contributed by atoms with E-state index in [1.807, 2.05) is 48.5 Å². The van der Waals surface area contributed by atoms with Crippen molar-refractivity contribution in [2.45, 2.75) is 78.6 Å². The van der Waals surface area contributed by atoms with E-state index >= 15 is 0 Å². The molecule has 0 amide bonds. The smallest absolute Gasteiger partial charge is 0.343 e. The number of benzene rings is 3. The van der Waals surface area contributed by atoms with Crippen LogP contribution in [0.4, 0.5) is 0 Å². The minimum atomic E-state index is -0.382. The number of carbonyl (C=O) groups excluding carboxylic acids is 1. The molecule has 1 atom stereocenters. The Hall–Kier alpha value is -3.53. The van der Waals surface area contributed by atoms with Crippen molar-refractivity contribution in [2.75, 3.05) is 13.2 Å². The molecule has 0 N–H and O–H groups in total. The van der Waals surface area contributed by atoms with E-state index in [9.17, 15) is 4.79 Å². The Labute approximate surface area is 241 Å². The van der Waals surface area contributed by atoms with Gasteiger partial charge in [0, 0.05) is 0 Å². The fourth-order valence-corrected chi connectivity index (χ4v) is 4.32. The average Bonchev–Trinajstić information content (AvgIpc) is 2.99. The molecule has 0 radical (unpaired) electrons. The highest BCUT2D eigenvalue weighted by Gasteiger charge is 2.09. The number of hydrogen-bond donors (Lipinski definition) is 0. The van der Waals surface area contributed by atoms with Crippen LogP contribution in [0, 0.1) is 5.92 Å². The summed E-state index contributed by atoms with van der Waals surface area (Å²) >= 11 is 0. The highest BCUT2D eigenvalue weighted by atomic mass is 16.5. The van der Waals surface area contributed by atoms with Gasteiger partial charge in [0.2, 0.25) is 0 Å². The zero-order valence-corrected chi connectivity index (χ0v) is 24.6. The van der Waals surface area contributed by atoms with Crippen molar-refractivity contribution in [1.82, 2.24) is 0 Å². The maximum absolute atomic E-state index is 12.6. The van der Waals surface area contributed by atoms with E-state index in [1.54, 1.807) is 12.1 Å². The van der Waals surface area contributed by atoms with Crippen LogP contribution in [0.1, 0.15) is 88.9 Å². The molecule has 3 aromatic rings. The highest BCUT2D eigenvalue weighted by molar-refractivity contribution is 5.91. The summed E-state index contributed by atoms with van der Waals surface area (Å²) in [5.41, 5.74) is 2.63. The van der Waals surface area contributed by atoms with Gasteiger partial charge in [-0.1, -0.05) is 82.9 Å². The number of ether oxygens (including phenoxy) is 3. The standard InChI is InChI=1S/C36H46O4/c1-4-6-7-8-9-12-27-38-33-21-15-30(16-22-33)31-17-25-35(26-18-31)40-36(37)32-19-23-34(24-20-32)39-28-13-10-11-14-29(3)5-2/h6-7,15-26,29H,4-5,8-14,27-28H2,1-3H3/b7-6-/t29-/m0/s1. The summed E-state index contributed by atoms with van der Waals surface area (Å²) < 4.78 is 17.3. The Morgan fingerprint density at radius 3 is 1.80 bits per heavy atom. The summed E-state index contributed by atoms with van der Waals surface area (Å²) in [5.74, 6) is 2.60. The average molecular weight is 543 g/mol. The lowest BCUT2D eigenvalue weighted by Crippen LogP contribution is -2.08. The van der Waals surface area contributed by atoms with Gasteiger partial charge in [-0.05, 0) is 97.7 Å². The Kier molecular flexibility index (Phi) is 13.9. The van der Waals surface area contributed by atoms with Gasteiger partial charge < -0.3 is 14.2 Å². The molecular formula is C36H46O4. The predicted molar refractivity (Wildman–Crippen MR) is 165 cm³/mol. The van der Waals surface area contributed by atoms with E-state index in [0.717, 1.165) is 67.3 Å². The largest absolute Gasteiger partial charge is 0.494 e. The first kappa shape index (κ1) is 31.0. The number of unbranched alkanes of at least 4 members (excludes halogenated alkanes) is 4. The fraction of sp³-hybridized carbons (Fsp3) is 0.417. The third-order valence-electron chi connectivity index (χ3n) is 7.09. The topological polar surface area (TPSA) is 44.8 Å². The summed E-state index contributed by atoms with van der Waals surface area (Å²) in [6.45, 7) is 8.14. The molecule has 0 bridgehead atoms. The van der Waals surface area contributed by atoms with Gasteiger partial charge in [-0.15, -0.1) is 0 Å². The first-order valence-electron chi connectivity index (χ1n) is 15.0. The van der Waals surface area contributed by atoms with Gasteiger partial charge in [0.05, 0.1) is 18.8 Å². The van der Waals surface area contributed by atoms with Gasteiger partial charge in [-0.3, -0.25) is 0 Å². The van der Waals surface area contributed by atoms with Crippen LogP contribution in [-0.4, -0.2) is 19.2 Å². The summed E-state index contributed by atoms with van der Waals surface area (Å²) in [5, 5.41) is 0. The van der Waals surface area contributed by atoms with Gasteiger partial charge in [-0.2, -0.15) is 0 Å². The third-order valence-corrected chi connectivity index (χ3v) is 7.09. The minimum absolute atomic E-state index is 0.382. The molecule has 214 valence electrons. The molecule has 0 saturated carbocycles. The molecular weight excluding hydrogens is 496 g/mol. The van der Waals surface area contributed by atoms with Gasteiger partial charge in [0.15, 0.2) is 0 Å². The number of carbonyl (C=O) groups is 1. The van der Waals surface area contributed by atoms with Crippen molar-refractivity contribution >= 4 is 5.97 Å². The van der Waals surface area contributed by atoms with Crippen LogP contribution < -0.4 is 14.2 Å². The van der Waals surface area contributed by atoms with Crippen molar-refractivity contribution in [3.63, 3.8) is 0 Å². The summed E-state index contributed by atoms with van der Waals surface area (Å²) in [4.78, 5) is 12.6. The van der Waals surface area contributed by atoms with E-state index in [4.69, 9.17) is 14.2 Å². The molecule has 0 aliphatic rings. The van der Waals surface area contributed by atoms with Crippen molar-refractivity contribution in [2.24, 2.45) is 5.92 Å². The lowest BCUT2D eigenvalue weighted by molar-refractivity contribution is 0.0734. The summed E-state index contributed by atoms with van der Waals surface area (Å²) in [6.07, 6.45) is 14.9. The third kappa shape index (κ3) is 11.3. The molecule has 4 nitrogen and oxygen atoms in total. The molecule has 0 saturated heterocycles. The normalized spacial score (nSPS) is 11.9. The molecule has 0 aromatic heterocycles. The van der Waals surface area contributed by atoms with Crippen molar-refractivity contribution in [3.05, 3.63) is 90.5 Å². The zero-order valence-electron chi connectivity index (χ0n) is 24.6. The van der Waals surface area contributed by atoms with Crippen LogP contribution >= 0.6 is 0 Å². The maximum Gasteiger partial charge on any atom is 0.343 e. The van der Waals surface area contributed by atoms with E-state index in [0.29, 0.717) is 17.9 Å². The minimum Gasteiger partial charge on any atom is -0.494 e. The molecule has 3 rings (SSSR count). The lowest BCUT2D eigenvalue weighted by Gasteiger charge is -2.10. The van der Waals surface area contributed by atoms with Crippen molar-refractivity contribution < 1.29 is 19.0 Å². The molecule has 4 heteroatoms. The van der Waals surface area contributed by atoms with Crippen molar-refractivity contribution in [1.29, 1.82) is 0 Å². The Bertz CT molecular complexity index is 1130. The number of esters is 1. The number of allylic oxidation sites excluding steroid dienone is 2. The Morgan fingerprint density at radius 1 is 0.675 bits per heavy atom. The summed E-state index contributed by atoms with van der Waals surface area (Å²) in [6, 6.07) is 22.8. The van der Waals surface area contributed by atoms with Crippen LogP contribution in [0.15, 0.2) is 84.9 Å². The van der Waals surface area contributed by atoms with Crippen LogP contribution in [0.5, 0.6) is 17.2 Å². The Morgan fingerprint density at radius 2 is 1.23 bits per heavy atom. The highest BCUT2D eigenvalue weighted by Crippen LogP contribution is 2.25. The predicted octanol–water partition coefficient (Wildman–Crippen LogP) is 10.1. The molecule has 0 aliphatic heterocycles. The van der Waals surface area contributed by atoms with Gasteiger partial charge >= 0.3 is 5.97 Å². The quantitative estimate of drug-likeness (QED) is 0.0694. The van der Waals surface area contributed by atoms with Gasteiger partial charge in [0.25, 0.3) is 0 Å². The second kappa shape index (κ2) is 17.9. The van der Waals surface area contributed by atoms with Crippen LogP contribution in [0.25, 0.3) is 11.1 Å². The molecule has 3 aromatic carbocycles. The van der Waals surface area contributed by atoms with E-state index in [1.165, 1.54) is 25.7 Å². The Balaban J connectivity index is 1.39. The van der Waals surface area contributed by atoms with E-state index < -0.39 is 0 Å². The second-order valence-electron chi connectivity index (χ2n) is 10.4. The molecule has 0 unspecified atom stereocenters. The first-order chi connectivity index (χ1) is 19.6. The molecule has 0 aliphatic carbocycles. The SMILES string of the molecule is CC/C=C\CCCCOc1ccc(-c2ccc(OC(=O)c3ccc(OCCCCC[C@@H](C)CC)cc3)cc2)cc1. The molecule has 0 heterocycles. The number of rotatable bonds is 18. The molecule has 0 spiro atoms. The van der Waals surface area contributed by atoms with Crippen LogP contribution in [0.2, 0.25) is 0 Å². The monoisotopic (exact) mass is 542 g/mol. The fourth-order valence-electron chi connectivity index (χ4n) is 4.32. The van der Waals surface area contributed by atoms with Gasteiger partial charge in [-0.25, -0.2) is 4.79 Å². The molecule has 40 heavy (non-hydrogen) atoms. The second-order valence-corrected chi connectivity index (χ2v) is 10.4. The zero-order chi connectivity index (χ0) is 28.4.